The van der Waals surface area contributed by atoms with Gasteiger partial charge in [0, 0.05) is 11.3 Å². The molecule has 5 aromatic rings. The largest absolute Gasteiger partial charge is 0.325 e. The van der Waals surface area contributed by atoms with Gasteiger partial charge in [-0.25, -0.2) is 4.98 Å². The van der Waals surface area contributed by atoms with Crippen LogP contribution in [0.3, 0.4) is 0 Å². The first-order valence-electron chi connectivity index (χ1n) is 10.0. The van der Waals surface area contributed by atoms with E-state index < -0.39 is 0 Å². The first-order chi connectivity index (χ1) is 15.7. The van der Waals surface area contributed by atoms with Crippen LogP contribution in [0.4, 0.5) is 5.69 Å². The Morgan fingerprint density at radius 1 is 1.03 bits per heavy atom. The molecule has 1 N–H and O–H groups in total. The van der Waals surface area contributed by atoms with Gasteiger partial charge in [0.2, 0.25) is 5.91 Å². The number of carbonyl (C=O) groups excluding carboxylic acids is 1. The van der Waals surface area contributed by atoms with Gasteiger partial charge in [-0.3, -0.25) is 9.36 Å². The van der Waals surface area contributed by atoms with Crippen molar-refractivity contribution in [1.29, 1.82) is 0 Å². The van der Waals surface area contributed by atoms with Crippen molar-refractivity contribution in [3.05, 3.63) is 84.7 Å². The molecule has 0 radical (unpaired) electrons. The van der Waals surface area contributed by atoms with Gasteiger partial charge in [-0.05, 0) is 43.3 Å². The second kappa shape index (κ2) is 8.94. The van der Waals surface area contributed by atoms with Crippen molar-refractivity contribution in [3.8, 4) is 16.3 Å². The molecule has 5 rings (SSSR count). The van der Waals surface area contributed by atoms with Crippen molar-refractivity contribution in [2.24, 2.45) is 0 Å². The Hall–Kier alpha value is -3.49. The minimum absolute atomic E-state index is 0.109. The quantitative estimate of drug-likeness (QED) is 0.337. The lowest BCUT2D eigenvalue weighted by Crippen LogP contribution is -2.15. The molecule has 8 heteroatoms. The highest BCUT2D eigenvalue weighted by Gasteiger charge is 2.14. The number of amides is 1. The van der Waals surface area contributed by atoms with Gasteiger partial charge in [0.05, 0.1) is 21.7 Å². The van der Waals surface area contributed by atoms with Crippen molar-refractivity contribution in [1.82, 2.24) is 19.7 Å². The van der Waals surface area contributed by atoms with Gasteiger partial charge in [-0.1, -0.05) is 53.7 Å². The second-order valence-corrected chi connectivity index (χ2v) is 9.16. The molecule has 32 heavy (non-hydrogen) atoms. The van der Waals surface area contributed by atoms with Gasteiger partial charge < -0.3 is 5.32 Å². The Labute approximate surface area is 193 Å². The molecular weight excluding hydrogens is 438 g/mol. The molecule has 0 unspecified atom stereocenters. The minimum Gasteiger partial charge on any atom is -0.325 e. The number of anilines is 1. The molecular formula is C24H19N5OS2. The van der Waals surface area contributed by atoms with Crippen LogP contribution in [0.5, 0.6) is 0 Å². The average molecular weight is 458 g/mol. The third-order valence-corrected chi connectivity index (χ3v) is 6.90. The molecule has 0 saturated heterocycles. The van der Waals surface area contributed by atoms with Gasteiger partial charge in [-0.15, -0.1) is 21.5 Å². The van der Waals surface area contributed by atoms with E-state index in [0.29, 0.717) is 5.16 Å². The topological polar surface area (TPSA) is 72.7 Å². The predicted octanol–water partition coefficient (Wildman–Crippen LogP) is 5.58. The van der Waals surface area contributed by atoms with E-state index in [9.17, 15) is 4.79 Å². The van der Waals surface area contributed by atoms with E-state index in [0.717, 1.165) is 32.2 Å². The van der Waals surface area contributed by atoms with Crippen LogP contribution < -0.4 is 5.32 Å². The van der Waals surface area contributed by atoms with Crippen LogP contribution in [-0.4, -0.2) is 31.4 Å². The fourth-order valence-corrected chi connectivity index (χ4v) is 5.02. The summed E-state index contributed by atoms with van der Waals surface area (Å²) in [7, 11) is 0. The number of fused-ring (bicyclic) bond motifs is 1. The number of aryl methyl sites for hydroxylation is 1. The number of rotatable bonds is 6. The summed E-state index contributed by atoms with van der Waals surface area (Å²) in [6, 6.07) is 23.9. The molecule has 0 fully saturated rings. The molecule has 0 atom stereocenters. The molecule has 0 aliphatic rings. The second-order valence-electron chi connectivity index (χ2n) is 7.19. The number of hydrogen-bond acceptors (Lipinski definition) is 6. The number of benzene rings is 3. The molecule has 0 saturated carbocycles. The fourth-order valence-electron chi connectivity index (χ4n) is 3.29. The summed E-state index contributed by atoms with van der Waals surface area (Å²) in [5, 5.41) is 12.8. The van der Waals surface area contributed by atoms with E-state index in [-0.39, 0.29) is 11.7 Å². The van der Waals surface area contributed by atoms with Crippen LogP contribution in [-0.2, 0) is 4.79 Å². The van der Waals surface area contributed by atoms with Crippen LogP contribution in [0, 0.1) is 6.92 Å². The normalized spacial score (nSPS) is 11.0. The van der Waals surface area contributed by atoms with Crippen LogP contribution in [0.2, 0.25) is 0 Å². The third-order valence-electron chi connectivity index (χ3n) is 4.89. The summed E-state index contributed by atoms with van der Waals surface area (Å²) < 4.78 is 3.00. The molecule has 1 amide bonds. The van der Waals surface area contributed by atoms with Gasteiger partial charge in [0.25, 0.3) is 0 Å². The Morgan fingerprint density at radius 3 is 2.66 bits per heavy atom. The number of nitrogens with zero attached hydrogens (tertiary/aromatic N) is 4. The highest BCUT2D eigenvalue weighted by molar-refractivity contribution is 7.99. The average Bonchev–Trinajstić information content (AvgIpc) is 3.45. The van der Waals surface area contributed by atoms with Crippen molar-refractivity contribution in [2.75, 3.05) is 11.1 Å². The zero-order valence-corrected chi connectivity index (χ0v) is 18.9. The summed E-state index contributed by atoms with van der Waals surface area (Å²) in [5.74, 6) is 0.112. The smallest absolute Gasteiger partial charge is 0.234 e. The number of thiazole rings is 1. The fraction of sp³-hybridized carbons (Fsp3) is 0.0833. The Kier molecular flexibility index (Phi) is 5.70. The summed E-state index contributed by atoms with van der Waals surface area (Å²) in [6.07, 6.45) is 1.66. The van der Waals surface area contributed by atoms with Crippen molar-refractivity contribution in [3.63, 3.8) is 0 Å². The van der Waals surface area contributed by atoms with Crippen LogP contribution >= 0.6 is 23.1 Å². The summed E-state index contributed by atoms with van der Waals surface area (Å²) in [6.45, 7) is 2.04. The van der Waals surface area contributed by atoms with Crippen molar-refractivity contribution < 1.29 is 4.79 Å². The van der Waals surface area contributed by atoms with Gasteiger partial charge in [0.15, 0.2) is 5.16 Å². The molecule has 2 heterocycles. The molecule has 0 bridgehead atoms. The Morgan fingerprint density at radius 2 is 1.81 bits per heavy atom. The van der Waals surface area contributed by atoms with E-state index in [1.807, 2.05) is 78.2 Å². The summed E-state index contributed by atoms with van der Waals surface area (Å²) in [4.78, 5) is 17.5. The first-order valence-corrected chi connectivity index (χ1v) is 11.8. The van der Waals surface area contributed by atoms with Crippen LogP contribution in [0.1, 0.15) is 5.56 Å². The van der Waals surface area contributed by atoms with Gasteiger partial charge in [0.1, 0.15) is 11.3 Å². The molecule has 0 aliphatic heterocycles. The maximum atomic E-state index is 12.7. The molecule has 6 nitrogen and oxygen atoms in total. The van der Waals surface area contributed by atoms with E-state index in [1.165, 1.54) is 17.3 Å². The van der Waals surface area contributed by atoms with Crippen LogP contribution in [0.15, 0.2) is 84.3 Å². The van der Waals surface area contributed by atoms with Crippen molar-refractivity contribution >= 4 is 44.9 Å². The zero-order valence-electron chi connectivity index (χ0n) is 17.2. The maximum absolute atomic E-state index is 12.7. The van der Waals surface area contributed by atoms with Crippen LogP contribution in [0.25, 0.3) is 26.5 Å². The first kappa shape index (κ1) is 20.4. The SMILES string of the molecule is Cc1ccc(-n2cnnc2SCC(=O)Nc2ccccc2-c2nc3ccccc3s2)cc1. The molecule has 2 aromatic heterocycles. The summed E-state index contributed by atoms with van der Waals surface area (Å²) in [5.41, 5.74) is 4.76. The van der Waals surface area contributed by atoms with E-state index in [2.05, 4.69) is 21.6 Å². The zero-order chi connectivity index (χ0) is 21.9. The van der Waals surface area contributed by atoms with Gasteiger partial charge >= 0.3 is 0 Å². The molecule has 0 spiro atoms. The number of thioether (sulfide) groups is 1. The lowest BCUT2D eigenvalue weighted by molar-refractivity contribution is -0.113. The van der Waals surface area contributed by atoms with Crippen molar-refractivity contribution in [2.45, 2.75) is 12.1 Å². The highest BCUT2D eigenvalue weighted by atomic mass is 32.2. The number of carbonyl (C=O) groups is 1. The third kappa shape index (κ3) is 4.28. The van der Waals surface area contributed by atoms with Gasteiger partial charge in [-0.2, -0.15) is 0 Å². The number of nitrogens with one attached hydrogen (secondary N) is 1. The van der Waals surface area contributed by atoms with E-state index >= 15 is 0 Å². The molecule has 0 aliphatic carbocycles. The molecule has 3 aromatic carbocycles. The Balaban J connectivity index is 1.31. The monoisotopic (exact) mass is 457 g/mol. The van der Waals surface area contributed by atoms with E-state index in [1.54, 1.807) is 17.7 Å². The summed E-state index contributed by atoms with van der Waals surface area (Å²) >= 11 is 2.96. The lowest BCUT2D eigenvalue weighted by Gasteiger charge is -2.10. The lowest BCUT2D eigenvalue weighted by atomic mass is 10.2. The Bertz CT molecular complexity index is 1360. The number of aromatic nitrogens is 4. The predicted molar refractivity (Wildman–Crippen MR) is 131 cm³/mol. The maximum Gasteiger partial charge on any atom is 0.234 e. The number of para-hydroxylation sites is 2. The minimum atomic E-state index is -0.109. The van der Waals surface area contributed by atoms with E-state index in [4.69, 9.17) is 4.98 Å². The highest BCUT2D eigenvalue weighted by Crippen LogP contribution is 2.34. The number of hydrogen-bond donors (Lipinski definition) is 1. The standard InChI is InChI=1S/C24H19N5OS2/c1-16-10-12-17(13-11-16)29-15-25-28-24(29)31-14-22(30)26-19-7-3-2-6-18(19)23-27-20-8-4-5-9-21(20)32-23/h2-13,15H,14H2,1H3,(H,26,30). The molecule has 158 valence electrons.